The minimum absolute atomic E-state index is 0.601. The van der Waals surface area contributed by atoms with Crippen LogP contribution >= 0.6 is 0 Å². The van der Waals surface area contributed by atoms with E-state index < -0.39 is 0 Å². The van der Waals surface area contributed by atoms with Gasteiger partial charge in [0, 0.05) is 5.92 Å². The van der Waals surface area contributed by atoms with E-state index in [-0.39, 0.29) is 0 Å². The largest absolute Gasteiger partial charge is 0.377 e. The molecule has 0 spiro atoms. The van der Waals surface area contributed by atoms with Crippen LogP contribution in [0.15, 0.2) is 0 Å². The first kappa shape index (κ1) is 4.80. The Morgan fingerprint density at radius 1 is 1.38 bits per heavy atom. The zero-order chi connectivity index (χ0) is 5.40. The van der Waals surface area contributed by atoms with Crippen LogP contribution in [-0.4, -0.2) is 12.7 Å². The molecule has 2 rings (SSSR count). The van der Waals surface area contributed by atoms with Crippen LogP contribution in [0.25, 0.3) is 0 Å². The van der Waals surface area contributed by atoms with Crippen molar-refractivity contribution < 1.29 is 4.74 Å². The quantitative estimate of drug-likeness (QED) is 0.460. The van der Waals surface area contributed by atoms with Gasteiger partial charge < -0.3 is 4.74 Å². The second-order valence-corrected chi connectivity index (χ2v) is 2.70. The van der Waals surface area contributed by atoms with E-state index in [4.69, 9.17) is 4.74 Å². The van der Waals surface area contributed by atoms with Crippen LogP contribution in [0.4, 0.5) is 0 Å². The molecule has 1 nitrogen and oxygen atoms in total. The molecule has 0 aromatic carbocycles. The summed E-state index contributed by atoms with van der Waals surface area (Å²) >= 11 is 0. The molecule has 1 unspecified atom stereocenters. The first-order chi connectivity index (χ1) is 3.97. The van der Waals surface area contributed by atoms with E-state index in [9.17, 15) is 0 Å². The molecule has 0 bridgehead atoms. The molecule has 1 heteroatoms. The van der Waals surface area contributed by atoms with E-state index in [1.165, 1.54) is 25.7 Å². The van der Waals surface area contributed by atoms with Gasteiger partial charge in [-0.15, -0.1) is 0 Å². The zero-order valence-corrected chi connectivity index (χ0v) is 5.02. The third-order valence-corrected chi connectivity index (χ3v) is 2.14. The Kier molecular flexibility index (Phi) is 1.04. The maximum absolute atomic E-state index is 5.30. The van der Waals surface area contributed by atoms with Crippen LogP contribution in [0.3, 0.4) is 0 Å². The molecular weight excluding hydrogens is 100 g/mol. The normalized spacial score (nSPS) is 38.2. The van der Waals surface area contributed by atoms with Gasteiger partial charge in [0.2, 0.25) is 0 Å². The lowest BCUT2D eigenvalue weighted by Crippen LogP contribution is -2.39. The van der Waals surface area contributed by atoms with Crippen LogP contribution in [0.1, 0.15) is 25.7 Å². The molecule has 0 aromatic rings. The zero-order valence-electron chi connectivity index (χ0n) is 5.02. The molecule has 2 aliphatic rings. The van der Waals surface area contributed by atoms with Gasteiger partial charge in [-0.1, -0.05) is 12.8 Å². The highest BCUT2D eigenvalue weighted by atomic mass is 16.5. The van der Waals surface area contributed by atoms with Gasteiger partial charge >= 0.3 is 0 Å². The molecule has 1 saturated carbocycles. The summed E-state index contributed by atoms with van der Waals surface area (Å²) in [6.45, 7) is 0.977. The Labute approximate surface area is 50.0 Å². The third-order valence-electron chi connectivity index (χ3n) is 2.14. The minimum atomic E-state index is 0.601. The summed E-state index contributed by atoms with van der Waals surface area (Å²) in [4.78, 5) is 0. The van der Waals surface area contributed by atoms with Gasteiger partial charge in [-0.05, 0) is 12.8 Å². The molecule has 0 amide bonds. The fraction of sp³-hybridized carbons (Fsp3) is 0.857. The van der Waals surface area contributed by atoms with Crippen LogP contribution < -0.4 is 0 Å². The fourth-order valence-electron chi connectivity index (χ4n) is 1.52. The van der Waals surface area contributed by atoms with E-state index >= 15 is 0 Å². The predicted octanol–water partition coefficient (Wildman–Crippen LogP) is 1.53. The molecule has 1 aliphatic carbocycles. The first-order valence-electron chi connectivity index (χ1n) is 3.43. The molecular formula is C7H11O. The molecule has 1 saturated heterocycles. The Hall–Kier alpha value is -0.0400. The maximum atomic E-state index is 5.30. The molecule has 0 N–H and O–H groups in total. The van der Waals surface area contributed by atoms with Gasteiger partial charge in [-0.3, -0.25) is 0 Å². The highest BCUT2D eigenvalue weighted by Gasteiger charge is 2.34. The van der Waals surface area contributed by atoms with Crippen LogP contribution in [0, 0.1) is 5.92 Å². The highest BCUT2D eigenvalue weighted by Crippen LogP contribution is 2.35. The summed E-state index contributed by atoms with van der Waals surface area (Å²) in [5, 5.41) is 0. The molecule has 1 heterocycles. The SMILES string of the molecule is C1CCC2OC[C]2C1. The monoisotopic (exact) mass is 111 g/mol. The number of rotatable bonds is 0. The van der Waals surface area contributed by atoms with Crippen molar-refractivity contribution in [1.29, 1.82) is 0 Å². The summed E-state index contributed by atoms with van der Waals surface area (Å²) in [7, 11) is 0. The smallest absolute Gasteiger partial charge is 0.0660 e. The molecule has 1 aliphatic heterocycles. The van der Waals surface area contributed by atoms with Gasteiger partial charge in [0.15, 0.2) is 0 Å². The number of fused-ring (bicyclic) bond motifs is 1. The fourth-order valence-corrected chi connectivity index (χ4v) is 1.52. The van der Waals surface area contributed by atoms with E-state index in [0.29, 0.717) is 6.10 Å². The average Bonchev–Trinajstić information content (AvgIpc) is 1.72. The molecule has 0 aromatic heterocycles. The summed E-state index contributed by atoms with van der Waals surface area (Å²) in [5.74, 6) is 1.68. The van der Waals surface area contributed by atoms with Gasteiger partial charge in [0.1, 0.15) is 0 Å². The van der Waals surface area contributed by atoms with Crippen molar-refractivity contribution in [2.75, 3.05) is 6.61 Å². The van der Waals surface area contributed by atoms with Crippen molar-refractivity contribution in [3.63, 3.8) is 0 Å². The van der Waals surface area contributed by atoms with Gasteiger partial charge in [0.25, 0.3) is 0 Å². The van der Waals surface area contributed by atoms with E-state index in [2.05, 4.69) is 0 Å². The topological polar surface area (TPSA) is 9.23 Å². The minimum Gasteiger partial charge on any atom is -0.377 e. The van der Waals surface area contributed by atoms with Crippen molar-refractivity contribution in [2.45, 2.75) is 31.8 Å². The van der Waals surface area contributed by atoms with Crippen molar-refractivity contribution in [3.8, 4) is 0 Å². The molecule has 1 radical (unpaired) electrons. The van der Waals surface area contributed by atoms with Gasteiger partial charge in [-0.2, -0.15) is 0 Å². The third kappa shape index (κ3) is 0.576. The molecule has 8 heavy (non-hydrogen) atoms. The van der Waals surface area contributed by atoms with Crippen molar-refractivity contribution in [2.24, 2.45) is 0 Å². The second kappa shape index (κ2) is 1.73. The Bertz CT molecular complexity index is 78.4. The maximum Gasteiger partial charge on any atom is 0.0660 e. The Morgan fingerprint density at radius 3 is 2.75 bits per heavy atom. The Morgan fingerprint density at radius 2 is 2.38 bits per heavy atom. The number of ether oxygens (including phenoxy) is 1. The lowest BCUT2D eigenvalue weighted by molar-refractivity contribution is -0.0429. The highest BCUT2D eigenvalue weighted by molar-refractivity contribution is 5.07. The summed E-state index contributed by atoms with van der Waals surface area (Å²) in [6.07, 6.45) is 6.05. The molecule has 45 valence electrons. The van der Waals surface area contributed by atoms with Crippen molar-refractivity contribution >= 4 is 0 Å². The first-order valence-corrected chi connectivity index (χ1v) is 3.43. The van der Waals surface area contributed by atoms with Crippen LogP contribution in [-0.2, 0) is 4.74 Å². The lowest BCUT2D eigenvalue weighted by atomic mass is 9.83. The lowest BCUT2D eigenvalue weighted by Gasteiger charge is -2.39. The van der Waals surface area contributed by atoms with Crippen molar-refractivity contribution in [3.05, 3.63) is 5.92 Å². The second-order valence-electron chi connectivity index (χ2n) is 2.70. The number of hydrogen-bond acceptors (Lipinski definition) is 1. The molecule has 2 fully saturated rings. The Balaban J connectivity index is 1.92. The average molecular weight is 111 g/mol. The van der Waals surface area contributed by atoms with Gasteiger partial charge in [-0.25, -0.2) is 0 Å². The van der Waals surface area contributed by atoms with Crippen LogP contribution in [0.5, 0.6) is 0 Å². The predicted molar refractivity (Wildman–Crippen MR) is 31.5 cm³/mol. The van der Waals surface area contributed by atoms with Crippen molar-refractivity contribution in [1.82, 2.24) is 0 Å². The van der Waals surface area contributed by atoms with E-state index in [1.54, 1.807) is 5.92 Å². The van der Waals surface area contributed by atoms with E-state index in [0.717, 1.165) is 6.61 Å². The standard InChI is InChI=1S/C7H11O/c1-2-4-7-6(3-1)5-8-7/h7H,1-5H2. The summed E-state index contributed by atoms with van der Waals surface area (Å²) in [6, 6.07) is 0. The van der Waals surface area contributed by atoms with E-state index in [1.807, 2.05) is 0 Å². The number of hydrogen-bond donors (Lipinski definition) is 0. The molecule has 1 atom stereocenters. The van der Waals surface area contributed by atoms with Gasteiger partial charge in [0.05, 0.1) is 12.7 Å². The summed E-state index contributed by atoms with van der Waals surface area (Å²) < 4.78 is 5.30. The summed E-state index contributed by atoms with van der Waals surface area (Å²) in [5.41, 5.74) is 0. The van der Waals surface area contributed by atoms with Crippen LogP contribution in [0.2, 0.25) is 0 Å².